The van der Waals surface area contributed by atoms with E-state index in [4.69, 9.17) is 11.6 Å². The van der Waals surface area contributed by atoms with Crippen LogP contribution in [0.1, 0.15) is 5.82 Å². The Bertz CT molecular complexity index is 959. The van der Waals surface area contributed by atoms with Crippen LogP contribution >= 0.6 is 11.6 Å². The number of nitrogens with one attached hydrogen (secondary N) is 2. The van der Waals surface area contributed by atoms with Crippen molar-refractivity contribution in [1.82, 2.24) is 19.9 Å². The normalized spacial score (nSPS) is 11.2. The highest BCUT2D eigenvalue weighted by Gasteiger charge is 2.09. The second-order valence-corrected chi connectivity index (χ2v) is 5.44. The molecule has 2 aromatic carbocycles. The molecule has 0 amide bonds. The second-order valence-electron chi connectivity index (χ2n) is 5.01. The maximum Gasteiger partial charge on any atom is 0.206 e. The smallest absolute Gasteiger partial charge is 0.206 e. The van der Waals surface area contributed by atoms with Crippen LogP contribution in [0.25, 0.3) is 21.9 Å². The topological polar surface area (TPSA) is 66.5 Å². The summed E-state index contributed by atoms with van der Waals surface area (Å²) in [7, 11) is 0. The predicted octanol–water partition coefficient (Wildman–Crippen LogP) is 4.21. The zero-order valence-corrected chi connectivity index (χ0v) is 12.5. The number of rotatable bonds is 2. The number of fused-ring (bicyclic) bond motifs is 2. The number of hydrogen-bond donors (Lipinski definition) is 2. The van der Waals surface area contributed by atoms with Gasteiger partial charge >= 0.3 is 0 Å². The van der Waals surface area contributed by atoms with Crippen molar-refractivity contribution in [3.63, 3.8) is 0 Å². The van der Waals surface area contributed by atoms with Crippen LogP contribution in [0.4, 0.5) is 11.8 Å². The molecule has 0 saturated carbocycles. The molecule has 0 aliphatic rings. The number of aryl methyl sites for hydroxylation is 1. The van der Waals surface area contributed by atoms with Crippen LogP contribution in [0, 0.1) is 6.92 Å². The van der Waals surface area contributed by atoms with Gasteiger partial charge in [0.05, 0.1) is 16.6 Å². The van der Waals surface area contributed by atoms with Gasteiger partial charge in [-0.2, -0.15) is 0 Å². The highest BCUT2D eigenvalue weighted by Crippen LogP contribution is 2.26. The summed E-state index contributed by atoms with van der Waals surface area (Å²) < 4.78 is 0. The molecule has 2 aromatic heterocycles. The summed E-state index contributed by atoms with van der Waals surface area (Å²) in [5.74, 6) is 2.01. The van der Waals surface area contributed by atoms with E-state index in [2.05, 4.69) is 25.3 Å². The Kier molecular flexibility index (Phi) is 2.94. The third-order valence-electron chi connectivity index (χ3n) is 3.40. The molecule has 0 unspecified atom stereocenters. The SMILES string of the molecule is Cc1nc(Nc2nc3ccccc3[nH]2)c2cc(Cl)ccc2n1. The number of anilines is 2. The molecule has 5 nitrogen and oxygen atoms in total. The van der Waals surface area contributed by atoms with E-state index in [1.165, 1.54) is 0 Å². The standard InChI is InChI=1S/C16H12ClN5/c1-9-18-12-7-6-10(17)8-11(12)15(19-9)22-16-20-13-4-2-3-5-14(13)21-16/h2-8H,1H3,(H2,18,19,20,21,22). The lowest BCUT2D eigenvalue weighted by atomic mass is 10.2. The van der Waals surface area contributed by atoms with Crippen molar-refractivity contribution in [2.24, 2.45) is 0 Å². The van der Waals surface area contributed by atoms with Gasteiger partial charge < -0.3 is 10.3 Å². The van der Waals surface area contributed by atoms with Gasteiger partial charge in [0.15, 0.2) is 0 Å². The van der Waals surface area contributed by atoms with E-state index in [1.807, 2.05) is 49.4 Å². The molecule has 0 saturated heterocycles. The fourth-order valence-corrected chi connectivity index (χ4v) is 2.61. The van der Waals surface area contributed by atoms with Crippen molar-refractivity contribution < 1.29 is 0 Å². The molecule has 22 heavy (non-hydrogen) atoms. The van der Waals surface area contributed by atoms with Gasteiger partial charge in [-0.25, -0.2) is 15.0 Å². The van der Waals surface area contributed by atoms with Crippen LogP contribution in [0.5, 0.6) is 0 Å². The van der Waals surface area contributed by atoms with E-state index in [-0.39, 0.29) is 0 Å². The van der Waals surface area contributed by atoms with Crippen LogP contribution in [-0.4, -0.2) is 19.9 Å². The van der Waals surface area contributed by atoms with Gasteiger partial charge in [0.1, 0.15) is 11.6 Å². The number of imidazole rings is 1. The number of hydrogen-bond acceptors (Lipinski definition) is 4. The number of aromatic amines is 1. The Morgan fingerprint density at radius 3 is 2.73 bits per heavy atom. The third kappa shape index (κ3) is 2.25. The fraction of sp³-hybridized carbons (Fsp3) is 0.0625. The van der Waals surface area contributed by atoms with Crippen molar-refractivity contribution in [1.29, 1.82) is 0 Å². The largest absolute Gasteiger partial charge is 0.324 e. The first kappa shape index (κ1) is 13.0. The van der Waals surface area contributed by atoms with Gasteiger partial charge in [0, 0.05) is 10.4 Å². The minimum Gasteiger partial charge on any atom is -0.324 e. The van der Waals surface area contributed by atoms with Gasteiger partial charge in [-0.1, -0.05) is 23.7 Å². The summed E-state index contributed by atoms with van der Waals surface area (Å²) in [6.45, 7) is 1.86. The van der Waals surface area contributed by atoms with Crippen LogP contribution in [0.3, 0.4) is 0 Å². The molecule has 0 fully saturated rings. The first-order valence-corrected chi connectivity index (χ1v) is 7.22. The van der Waals surface area contributed by atoms with E-state index >= 15 is 0 Å². The van der Waals surface area contributed by atoms with Crippen LogP contribution in [0.15, 0.2) is 42.5 Å². The fourth-order valence-electron chi connectivity index (χ4n) is 2.44. The zero-order valence-electron chi connectivity index (χ0n) is 11.8. The average molecular weight is 310 g/mol. The van der Waals surface area contributed by atoms with Crippen molar-refractivity contribution in [3.05, 3.63) is 53.3 Å². The second kappa shape index (κ2) is 4.96. The van der Waals surface area contributed by atoms with Crippen molar-refractivity contribution in [3.8, 4) is 0 Å². The Balaban J connectivity index is 1.84. The number of aromatic nitrogens is 4. The maximum atomic E-state index is 6.09. The number of halogens is 1. The summed E-state index contributed by atoms with van der Waals surface area (Å²) in [5, 5.41) is 4.73. The number of H-pyrrole nitrogens is 1. The summed E-state index contributed by atoms with van der Waals surface area (Å²) in [4.78, 5) is 16.6. The van der Waals surface area contributed by atoms with Crippen molar-refractivity contribution in [2.75, 3.05) is 5.32 Å². The molecule has 0 spiro atoms. The van der Waals surface area contributed by atoms with E-state index in [1.54, 1.807) is 0 Å². The molecular weight excluding hydrogens is 298 g/mol. The van der Waals surface area contributed by atoms with E-state index in [9.17, 15) is 0 Å². The summed E-state index contributed by atoms with van der Waals surface area (Å²) >= 11 is 6.09. The molecule has 0 atom stereocenters. The van der Waals surface area contributed by atoms with Gasteiger partial charge in [0.25, 0.3) is 0 Å². The highest BCUT2D eigenvalue weighted by molar-refractivity contribution is 6.31. The van der Waals surface area contributed by atoms with Crippen molar-refractivity contribution in [2.45, 2.75) is 6.92 Å². The molecule has 0 aliphatic heterocycles. The summed E-state index contributed by atoms with van der Waals surface area (Å²) in [5.41, 5.74) is 2.71. The van der Waals surface area contributed by atoms with E-state index in [0.717, 1.165) is 21.9 Å². The lowest BCUT2D eigenvalue weighted by Crippen LogP contribution is -2.00. The Morgan fingerprint density at radius 2 is 1.86 bits per heavy atom. The molecule has 4 aromatic rings. The van der Waals surface area contributed by atoms with E-state index < -0.39 is 0 Å². The molecule has 0 aliphatic carbocycles. The molecule has 6 heteroatoms. The van der Waals surface area contributed by atoms with E-state index in [0.29, 0.717) is 22.6 Å². The van der Waals surface area contributed by atoms with Crippen molar-refractivity contribution >= 4 is 45.3 Å². The van der Waals surface area contributed by atoms with Gasteiger partial charge in [-0.05, 0) is 37.3 Å². The van der Waals surface area contributed by atoms with Crippen LogP contribution in [0.2, 0.25) is 5.02 Å². The van der Waals surface area contributed by atoms with Gasteiger partial charge in [-0.3, -0.25) is 0 Å². The quantitative estimate of drug-likeness (QED) is 0.582. The Labute approximate surface area is 131 Å². The van der Waals surface area contributed by atoms with Crippen LogP contribution in [-0.2, 0) is 0 Å². The zero-order chi connectivity index (χ0) is 15.1. The lowest BCUT2D eigenvalue weighted by Gasteiger charge is -2.07. The minimum atomic E-state index is 0.639. The minimum absolute atomic E-state index is 0.639. The molecular formula is C16H12ClN5. The molecule has 2 N–H and O–H groups in total. The van der Waals surface area contributed by atoms with Gasteiger partial charge in [-0.15, -0.1) is 0 Å². The first-order valence-electron chi connectivity index (χ1n) is 6.85. The average Bonchev–Trinajstić information content (AvgIpc) is 2.90. The molecule has 0 radical (unpaired) electrons. The predicted molar refractivity (Wildman–Crippen MR) is 88.7 cm³/mol. The summed E-state index contributed by atoms with van der Waals surface area (Å²) in [6, 6.07) is 13.4. The molecule has 2 heterocycles. The molecule has 4 rings (SSSR count). The number of nitrogens with zero attached hydrogens (tertiary/aromatic N) is 3. The number of benzene rings is 2. The Morgan fingerprint density at radius 1 is 1.00 bits per heavy atom. The highest BCUT2D eigenvalue weighted by atomic mass is 35.5. The summed E-state index contributed by atoms with van der Waals surface area (Å²) in [6.07, 6.45) is 0. The molecule has 0 bridgehead atoms. The monoisotopic (exact) mass is 309 g/mol. The molecule has 108 valence electrons. The lowest BCUT2D eigenvalue weighted by molar-refractivity contribution is 1.09. The number of para-hydroxylation sites is 2. The Hall–Kier alpha value is -2.66. The van der Waals surface area contributed by atoms with Gasteiger partial charge in [0.2, 0.25) is 5.95 Å². The maximum absolute atomic E-state index is 6.09. The van der Waals surface area contributed by atoms with Crippen LogP contribution < -0.4 is 5.32 Å². The first-order chi connectivity index (χ1) is 10.7. The third-order valence-corrected chi connectivity index (χ3v) is 3.63.